The van der Waals surface area contributed by atoms with Gasteiger partial charge in [-0.25, -0.2) is 4.79 Å². The zero-order chi connectivity index (χ0) is 11.8. The SMILES string of the molecule is NC1(C(=O)O)NC(=O)CCc2ccccc21. The smallest absolute Gasteiger partial charge is 0.349 e. The molecule has 1 aromatic rings. The van der Waals surface area contributed by atoms with Gasteiger partial charge in [0.25, 0.3) is 0 Å². The maximum Gasteiger partial charge on any atom is 0.349 e. The summed E-state index contributed by atoms with van der Waals surface area (Å²) in [4.78, 5) is 22.6. The Labute approximate surface area is 92.3 Å². The molecule has 0 aliphatic carbocycles. The number of nitrogens with one attached hydrogen (secondary N) is 1. The normalized spacial score (nSPS) is 24.2. The van der Waals surface area contributed by atoms with Crippen molar-refractivity contribution in [1.82, 2.24) is 5.32 Å². The van der Waals surface area contributed by atoms with E-state index in [-0.39, 0.29) is 12.3 Å². The third-order valence-corrected chi connectivity index (χ3v) is 2.74. The number of hydrogen-bond donors (Lipinski definition) is 3. The minimum Gasteiger partial charge on any atom is -0.478 e. The third-order valence-electron chi connectivity index (χ3n) is 2.74. The zero-order valence-corrected chi connectivity index (χ0v) is 8.56. The summed E-state index contributed by atoms with van der Waals surface area (Å²) >= 11 is 0. The molecular weight excluding hydrogens is 208 g/mol. The lowest BCUT2D eigenvalue weighted by Crippen LogP contribution is -2.58. The van der Waals surface area contributed by atoms with E-state index in [1.807, 2.05) is 0 Å². The molecule has 0 fully saturated rings. The molecule has 5 heteroatoms. The number of carboxylic acids is 1. The average molecular weight is 220 g/mol. The molecule has 0 saturated carbocycles. The van der Waals surface area contributed by atoms with Crippen molar-refractivity contribution in [2.24, 2.45) is 5.73 Å². The van der Waals surface area contributed by atoms with E-state index < -0.39 is 11.6 Å². The zero-order valence-electron chi connectivity index (χ0n) is 8.56. The van der Waals surface area contributed by atoms with Crippen molar-refractivity contribution in [2.75, 3.05) is 0 Å². The van der Waals surface area contributed by atoms with Gasteiger partial charge in [-0.15, -0.1) is 0 Å². The number of amides is 1. The average Bonchev–Trinajstić information content (AvgIpc) is 2.38. The van der Waals surface area contributed by atoms with Crippen LogP contribution in [-0.4, -0.2) is 17.0 Å². The number of nitrogens with two attached hydrogens (primary N) is 1. The van der Waals surface area contributed by atoms with Gasteiger partial charge in [0.1, 0.15) is 0 Å². The van der Waals surface area contributed by atoms with Crippen molar-refractivity contribution in [1.29, 1.82) is 0 Å². The first-order valence-corrected chi connectivity index (χ1v) is 4.95. The van der Waals surface area contributed by atoms with Gasteiger partial charge in [0.05, 0.1) is 0 Å². The number of fused-ring (bicyclic) bond motifs is 1. The van der Waals surface area contributed by atoms with E-state index in [0.717, 1.165) is 5.56 Å². The second-order valence-electron chi connectivity index (χ2n) is 3.82. The van der Waals surface area contributed by atoms with Crippen molar-refractivity contribution in [3.8, 4) is 0 Å². The van der Waals surface area contributed by atoms with Crippen LogP contribution >= 0.6 is 0 Å². The van der Waals surface area contributed by atoms with Gasteiger partial charge >= 0.3 is 5.97 Å². The van der Waals surface area contributed by atoms with Gasteiger partial charge in [-0.3, -0.25) is 10.5 Å². The molecule has 0 aromatic heterocycles. The first-order valence-electron chi connectivity index (χ1n) is 4.95. The van der Waals surface area contributed by atoms with E-state index in [4.69, 9.17) is 10.8 Å². The molecule has 1 unspecified atom stereocenters. The second kappa shape index (κ2) is 3.61. The van der Waals surface area contributed by atoms with Crippen molar-refractivity contribution < 1.29 is 14.7 Å². The van der Waals surface area contributed by atoms with Gasteiger partial charge in [-0.1, -0.05) is 24.3 Å². The lowest BCUT2D eigenvalue weighted by molar-refractivity contribution is -0.147. The number of aliphatic carboxylic acids is 1. The Morgan fingerprint density at radius 1 is 1.38 bits per heavy atom. The van der Waals surface area contributed by atoms with E-state index in [2.05, 4.69) is 5.32 Å². The van der Waals surface area contributed by atoms with Gasteiger partial charge in [-0.2, -0.15) is 0 Å². The molecule has 1 aromatic carbocycles. The quantitative estimate of drug-likeness (QED) is 0.618. The lowest BCUT2D eigenvalue weighted by Gasteiger charge is -2.25. The molecule has 1 aliphatic heterocycles. The Bertz CT molecular complexity index is 458. The van der Waals surface area contributed by atoms with E-state index in [0.29, 0.717) is 12.0 Å². The van der Waals surface area contributed by atoms with E-state index in [1.54, 1.807) is 24.3 Å². The van der Waals surface area contributed by atoms with Crippen LogP contribution in [0.25, 0.3) is 0 Å². The van der Waals surface area contributed by atoms with E-state index >= 15 is 0 Å². The molecule has 16 heavy (non-hydrogen) atoms. The first kappa shape index (κ1) is 10.6. The highest BCUT2D eigenvalue weighted by atomic mass is 16.4. The first-order chi connectivity index (χ1) is 7.54. The summed E-state index contributed by atoms with van der Waals surface area (Å²) in [6.07, 6.45) is 0.761. The van der Waals surface area contributed by atoms with Crippen LogP contribution in [0.1, 0.15) is 17.5 Å². The van der Waals surface area contributed by atoms with Crippen LogP contribution < -0.4 is 11.1 Å². The number of carbonyl (C=O) groups is 2. The predicted octanol–water partition coefficient (Wildman–Crippen LogP) is -0.0549. The van der Waals surface area contributed by atoms with E-state index in [9.17, 15) is 9.59 Å². The van der Waals surface area contributed by atoms with E-state index in [1.165, 1.54) is 0 Å². The predicted molar refractivity (Wildman–Crippen MR) is 56.4 cm³/mol. The van der Waals surface area contributed by atoms with Crippen LogP contribution in [0.2, 0.25) is 0 Å². The highest BCUT2D eigenvalue weighted by Gasteiger charge is 2.40. The molecule has 0 bridgehead atoms. The fourth-order valence-electron chi connectivity index (χ4n) is 1.89. The van der Waals surface area contributed by atoms with Crippen molar-refractivity contribution >= 4 is 11.9 Å². The number of hydrogen-bond acceptors (Lipinski definition) is 3. The maximum atomic E-state index is 11.4. The van der Waals surface area contributed by atoms with Crippen molar-refractivity contribution in [2.45, 2.75) is 18.5 Å². The monoisotopic (exact) mass is 220 g/mol. The summed E-state index contributed by atoms with van der Waals surface area (Å²) < 4.78 is 0. The molecular formula is C11H12N2O3. The second-order valence-corrected chi connectivity index (χ2v) is 3.82. The van der Waals surface area contributed by atoms with Gasteiger partial charge in [0, 0.05) is 12.0 Å². The van der Waals surface area contributed by atoms with Crippen molar-refractivity contribution in [3.05, 3.63) is 35.4 Å². The van der Waals surface area contributed by atoms with Gasteiger partial charge in [0.15, 0.2) is 0 Å². The minimum absolute atomic E-state index is 0.253. The molecule has 4 N–H and O–H groups in total. The standard InChI is InChI=1S/C11H12N2O3/c12-11(10(15)16)8-4-2-1-3-7(8)5-6-9(14)13-11/h1-4H,5-6,12H2,(H,13,14)(H,15,16). The van der Waals surface area contributed by atoms with Crippen LogP contribution in [0.4, 0.5) is 0 Å². The Kier molecular flexibility index (Phi) is 2.40. The largest absolute Gasteiger partial charge is 0.478 e. The Morgan fingerprint density at radius 3 is 2.75 bits per heavy atom. The summed E-state index contributed by atoms with van der Waals surface area (Å²) in [7, 11) is 0. The van der Waals surface area contributed by atoms with Gasteiger partial charge in [-0.05, 0) is 12.0 Å². The number of carbonyl (C=O) groups excluding carboxylic acids is 1. The highest BCUT2D eigenvalue weighted by Crippen LogP contribution is 2.24. The Balaban J connectivity index is 2.59. The molecule has 84 valence electrons. The third kappa shape index (κ3) is 1.55. The van der Waals surface area contributed by atoms with Crippen molar-refractivity contribution in [3.63, 3.8) is 0 Å². The number of carboxylic acid groups (broad SMARTS) is 1. The highest BCUT2D eigenvalue weighted by molar-refractivity contribution is 5.89. The fourth-order valence-corrected chi connectivity index (χ4v) is 1.89. The summed E-state index contributed by atoms with van der Waals surface area (Å²) in [5, 5.41) is 11.5. The van der Waals surface area contributed by atoms with Gasteiger partial charge < -0.3 is 10.4 Å². The lowest BCUT2D eigenvalue weighted by atomic mass is 9.94. The summed E-state index contributed by atoms with van der Waals surface area (Å²) in [6, 6.07) is 6.94. The molecule has 0 spiro atoms. The maximum absolute atomic E-state index is 11.4. The van der Waals surface area contributed by atoms with Crippen LogP contribution in [0.15, 0.2) is 24.3 Å². The summed E-state index contributed by atoms with van der Waals surface area (Å²) in [6.45, 7) is 0. The van der Waals surface area contributed by atoms with Crippen LogP contribution in [0.5, 0.6) is 0 Å². The number of benzene rings is 1. The Morgan fingerprint density at radius 2 is 2.06 bits per heavy atom. The van der Waals surface area contributed by atoms with Crippen LogP contribution in [-0.2, 0) is 21.7 Å². The molecule has 5 nitrogen and oxygen atoms in total. The van der Waals surface area contributed by atoms with Crippen LogP contribution in [0.3, 0.4) is 0 Å². The molecule has 0 saturated heterocycles. The van der Waals surface area contributed by atoms with Gasteiger partial charge in [0.2, 0.25) is 11.6 Å². The van der Waals surface area contributed by atoms with Crippen LogP contribution in [0, 0.1) is 0 Å². The minimum atomic E-state index is -1.82. The Hall–Kier alpha value is -1.88. The molecule has 2 rings (SSSR count). The summed E-state index contributed by atoms with van der Waals surface area (Å²) in [5.41, 5.74) is 5.21. The molecule has 0 radical (unpaired) electrons. The molecule has 1 heterocycles. The topological polar surface area (TPSA) is 92.4 Å². The molecule has 1 aliphatic rings. The fraction of sp³-hybridized carbons (Fsp3) is 0.273. The molecule has 1 atom stereocenters. The molecule has 1 amide bonds. The summed E-state index contributed by atoms with van der Waals surface area (Å²) in [5.74, 6) is -1.60. The number of aryl methyl sites for hydroxylation is 1. The number of rotatable bonds is 1.